The van der Waals surface area contributed by atoms with Crippen LogP contribution in [0.15, 0.2) is 11.1 Å². The number of aromatic nitrogens is 2. The second-order valence-corrected chi connectivity index (χ2v) is 3.38. The number of hydrogen-bond acceptors (Lipinski definition) is 4. The van der Waals surface area contributed by atoms with E-state index in [-0.39, 0.29) is 34.5 Å². The molecule has 13 heavy (non-hydrogen) atoms. The predicted octanol–water partition coefficient (Wildman–Crippen LogP) is -3.09. The van der Waals surface area contributed by atoms with Gasteiger partial charge in [-0.1, -0.05) is 0 Å². The van der Waals surface area contributed by atoms with E-state index in [0.717, 1.165) is 13.0 Å². The fourth-order valence-electron chi connectivity index (χ4n) is 1.16. The molecular weight excluding hydrogens is 203 g/mol. The summed E-state index contributed by atoms with van der Waals surface area (Å²) in [5.74, 6) is 0.370. The first-order valence-corrected chi connectivity index (χ1v) is 4.64. The molecule has 1 aliphatic rings. The summed E-state index contributed by atoms with van der Waals surface area (Å²) in [5, 5.41) is 3.88. The Morgan fingerprint density at radius 3 is 3.15 bits per heavy atom. The Morgan fingerprint density at radius 2 is 2.46 bits per heavy atom. The van der Waals surface area contributed by atoms with Gasteiger partial charge in [-0.2, -0.15) is 5.10 Å². The first kappa shape index (κ1) is 11.2. The number of nitrogens with zero attached hydrogens (tertiary/aromatic N) is 2. The fraction of sp³-hybridized carbons (Fsp3) is 0.500. The van der Waals surface area contributed by atoms with Gasteiger partial charge >= 0.3 is 29.6 Å². The van der Waals surface area contributed by atoms with Gasteiger partial charge in [-0.15, -0.1) is 0 Å². The van der Waals surface area contributed by atoms with E-state index in [1.165, 1.54) is 6.20 Å². The molecule has 0 fully saturated rings. The van der Waals surface area contributed by atoms with Gasteiger partial charge in [0.25, 0.3) is 0 Å². The maximum absolute atomic E-state index is 10.6. The maximum Gasteiger partial charge on any atom is 1.00 e. The van der Waals surface area contributed by atoms with Gasteiger partial charge in [-0.3, -0.25) is 4.21 Å². The molecule has 0 amide bonds. The summed E-state index contributed by atoms with van der Waals surface area (Å²) in [4.78, 5) is 0.148. The molecule has 0 saturated heterocycles. The Kier molecular flexibility index (Phi) is 3.93. The average molecular weight is 210 g/mol. The van der Waals surface area contributed by atoms with Gasteiger partial charge in [-0.25, -0.2) is 4.68 Å². The van der Waals surface area contributed by atoms with Crippen molar-refractivity contribution in [2.45, 2.75) is 17.9 Å². The van der Waals surface area contributed by atoms with E-state index in [2.05, 4.69) is 5.10 Å². The maximum atomic E-state index is 10.6. The van der Waals surface area contributed by atoms with E-state index >= 15 is 0 Å². The predicted molar refractivity (Wildman–Crippen MR) is 39.5 cm³/mol. The molecular formula is C6H7N2NaO3S. The topological polar surface area (TPSA) is 67.2 Å². The molecule has 1 unspecified atom stereocenters. The Morgan fingerprint density at radius 1 is 1.69 bits per heavy atom. The molecule has 2 heterocycles. The Labute approximate surface area is 100 Å². The molecule has 66 valence electrons. The van der Waals surface area contributed by atoms with Gasteiger partial charge in [-0.05, 0) is 11.1 Å². The summed E-state index contributed by atoms with van der Waals surface area (Å²) >= 11 is -2.25. The minimum Gasteiger partial charge on any atom is -0.768 e. The van der Waals surface area contributed by atoms with E-state index in [0.29, 0.717) is 12.5 Å². The SMILES string of the molecule is O=S([O-])c1cnn2c1OCCC2.[Na+]. The van der Waals surface area contributed by atoms with E-state index in [4.69, 9.17) is 4.74 Å². The Hall–Kier alpha value is 0.120. The molecule has 1 aliphatic heterocycles. The molecule has 5 nitrogen and oxygen atoms in total. The summed E-state index contributed by atoms with van der Waals surface area (Å²) in [6.45, 7) is 1.29. The van der Waals surface area contributed by atoms with Crippen molar-refractivity contribution < 1.29 is 43.1 Å². The zero-order valence-electron chi connectivity index (χ0n) is 7.23. The van der Waals surface area contributed by atoms with E-state index in [9.17, 15) is 8.76 Å². The van der Waals surface area contributed by atoms with Gasteiger partial charge in [0.15, 0.2) is 0 Å². The summed E-state index contributed by atoms with van der Waals surface area (Å²) in [5.41, 5.74) is 0. The molecule has 0 saturated carbocycles. The Bertz CT molecular complexity index is 328. The van der Waals surface area contributed by atoms with Gasteiger partial charge < -0.3 is 9.29 Å². The van der Waals surface area contributed by atoms with Crippen molar-refractivity contribution in [1.29, 1.82) is 0 Å². The number of aryl methyl sites for hydroxylation is 1. The second-order valence-electron chi connectivity index (χ2n) is 2.47. The van der Waals surface area contributed by atoms with E-state index < -0.39 is 11.1 Å². The van der Waals surface area contributed by atoms with Crippen LogP contribution in [0.3, 0.4) is 0 Å². The third-order valence-corrected chi connectivity index (χ3v) is 2.33. The van der Waals surface area contributed by atoms with Crippen LogP contribution in [-0.4, -0.2) is 25.1 Å². The van der Waals surface area contributed by atoms with Crippen molar-refractivity contribution >= 4 is 11.1 Å². The van der Waals surface area contributed by atoms with Crippen LogP contribution in [0.5, 0.6) is 5.88 Å². The van der Waals surface area contributed by atoms with Gasteiger partial charge in [0, 0.05) is 13.0 Å². The van der Waals surface area contributed by atoms with Gasteiger partial charge in [0.1, 0.15) is 4.90 Å². The van der Waals surface area contributed by atoms with Crippen LogP contribution in [-0.2, 0) is 17.6 Å². The molecule has 0 N–H and O–H groups in total. The van der Waals surface area contributed by atoms with Crippen LogP contribution < -0.4 is 34.3 Å². The van der Waals surface area contributed by atoms with Crippen LogP contribution in [0.4, 0.5) is 0 Å². The number of fused-ring (bicyclic) bond motifs is 1. The van der Waals surface area contributed by atoms with Crippen molar-refractivity contribution in [2.24, 2.45) is 0 Å². The van der Waals surface area contributed by atoms with Crippen molar-refractivity contribution in [1.82, 2.24) is 9.78 Å². The van der Waals surface area contributed by atoms with Gasteiger partial charge in [0.2, 0.25) is 5.88 Å². The minimum absolute atomic E-state index is 0. The molecule has 0 spiro atoms. The van der Waals surface area contributed by atoms with Crippen LogP contribution in [0.2, 0.25) is 0 Å². The zero-order chi connectivity index (χ0) is 8.55. The largest absolute Gasteiger partial charge is 1.00 e. The standard InChI is InChI=1S/C6H8N2O3S.Na/c9-12(10)5-4-7-8-2-1-3-11-6(5)8;/h4H,1-3H2,(H,9,10);/q;+1/p-1. The Balaban J connectivity index is 0.000000845. The van der Waals surface area contributed by atoms with Crippen molar-refractivity contribution in [2.75, 3.05) is 6.61 Å². The number of rotatable bonds is 1. The second kappa shape index (κ2) is 4.56. The molecule has 7 heteroatoms. The van der Waals surface area contributed by atoms with Crippen LogP contribution in [0.25, 0.3) is 0 Å². The van der Waals surface area contributed by atoms with Crippen LogP contribution in [0, 0.1) is 0 Å². The molecule has 0 radical (unpaired) electrons. The quantitative estimate of drug-likeness (QED) is 0.364. The van der Waals surface area contributed by atoms with Crippen molar-refractivity contribution in [3.8, 4) is 5.88 Å². The minimum atomic E-state index is -2.25. The smallest absolute Gasteiger partial charge is 0.768 e. The van der Waals surface area contributed by atoms with E-state index in [1.807, 2.05) is 0 Å². The first-order valence-electron chi connectivity index (χ1n) is 3.57. The summed E-state index contributed by atoms with van der Waals surface area (Å²) in [7, 11) is 0. The first-order chi connectivity index (χ1) is 5.79. The normalized spacial score (nSPS) is 16.7. The number of hydrogen-bond donors (Lipinski definition) is 0. The molecule has 0 bridgehead atoms. The van der Waals surface area contributed by atoms with Crippen molar-refractivity contribution in [3.05, 3.63) is 6.20 Å². The molecule has 0 aliphatic carbocycles. The van der Waals surface area contributed by atoms with Crippen LogP contribution in [0.1, 0.15) is 6.42 Å². The van der Waals surface area contributed by atoms with Gasteiger partial charge in [0.05, 0.1) is 12.8 Å². The molecule has 1 aromatic rings. The summed E-state index contributed by atoms with van der Waals surface area (Å²) < 4.78 is 27.9. The summed E-state index contributed by atoms with van der Waals surface area (Å²) in [6.07, 6.45) is 2.18. The fourth-order valence-corrected chi connectivity index (χ4v) is 1.60. The third kappa shape index (κ3) is 2.13. The molecule has 1 atom stereocenters. The molecule has 2 rings (SSSR count). The molecule has 0 aromatic carbocycles. The average Bonchev–Trinajstić information content (AvgIpc) is 2.47. The number of ether oxygens (including phenoxy) is 1. The summed E-state index contributed by atoms with van der Waals surface area (Å²) in [6, 6.07) is 0. The van der Waals surface area contributed by atoms with Crippen molar-refractivity contribution in [3.63, 3.8) is 0 Å². The van der Waals surface area contributed by atoms with E-state index in [1.54, 1.807) is 4.68 Å². The van der Waals surface area contributed by atoms with Crippen LogP contribution >= 0.6 is 0 Å². The third-order valence-electron chi connectivity index (χ3n) is 1.69. The monoisotopic (exact) mass is 210 g/mol. The zero-order valence-corrected chi connectivity index (χ0v) is 10.0. The molecule has 1 aromatic heterocycles.